The summed E-state index contributed by atoms with van der Waals surface area (Å²) in [5.74, 6) is 0. The van der Waals surface area contributed by atoms with Crippen LogP contribution in [0, 0.1) is 0 Å². The second-order valence-corrected chi connectivity index (χ2v) is 2.20. The van der Waals surface area contributed by atoms with E-state index >= 15 is 0 Å². The Morgan fingerprint density at radius 3 is 2.78 bits per heavy atom. The molecule has 1 N–H and O–H groups in total. The van der Waals surface area contributed by atoms with Gasteiger partial charge in [0.05, 0.1) is 11.9 Å². The van der Waals surface area contributed by atoms with Gasteiger partial charge >= 0.3 is 0 Å². The fourth-order valence-corrected chi connectivity index (χ4v) is 0.770. The van der Waals surface area contributed by atoms with Crippen LogP contribution in [0.1, 0.15) is 0 Å². The van der Waals surface area contributed by atoms with E-state index in [2.05, 4.69) is 22.9 Å². The number of hydrogen-bond donors (Lipinski definition) is 2. The lowest BCUT2D eigenvalue weighted by atomic mass is 10.4. The Labute approximate surface area is 59.7 Å². The van der Waals surface area contributed by atoms with E-state index in [1.807, 2.05) is 13.1 Å². The van der Waals surface area contributed by atoms with Crippen LogP contribution in [0.3, 0.4) is 0 Å². The Morgan fingerprint density at radius 1 is 1.56 bits per heavy atom. The van der Waals surface area contributed by atoms with Crippen molar-refractivity contribution < 1.29 is 0 Å². The first-order valence-electron chi connectivity index (χ1n) is 2.64. The van der Waals surface area contributed by atoms with Crippen molar-refractivity contribution in [3.05, 3.63) is 18.5 Å². The molecular weight excluding hydrogens is 132 g/mol. The molecule has 0 saturated heterocycles. The molecule has 3 heteroatoms. The minimum absolute atomic E-state index is 0.877. The third-order valence-corrected chi connectivity index (χ3v) is 1.26. The fourth-order valence-electron chi connectivity index (χ4n) is 0.565. The molecule has 0 amide bonds. The highest BCUT2D eigenvalue weighted by Crippen LogP contribution is 2.09. The Bertz CT molecular complexity index is 200. The van der Waals surface area contributed by atoms with Crippen LogP contribution in [-0.2, 0) is 0 Å². The lowest BCUT2D eigenvalue weighted by molar-refractivity contribution is 1.23. The van der Waals surface area contributed by atoms with Crippen molar-refractivity contribution in [3.8, 4) is 0 Å². The molecule has 1 rings (SSSR count). The van der Waals surface area contributed by atoms with Crippen LogP contribution in [-0.4, -0.2) is 12.0 Å². The van der Waals surface area contributed by atoms with Gasteiger partial charge in [-0.05, 0) is 6.07 Å². The minimum atomic E-state index is 0.877. The monoisotopic (exact) mass is 140 g/mol. The number of hydrogen-bond acceptors (Lipinski definition) is 3. The van der Waals surface area contributed by atoms with Crippen LogP contribution in [0.25, 0.3) is 0 Å². The minimum Gasteiger partial charge on any atom is -0.387 e. The zero-order chi connectivity index (χ0) is 6.69. The maximum Gasteiger partial charge on any atom is 0.0535 e. The average Bonchev–Trinajstić information content (AvgIpc) is 1.88. The van der Waals surface area contributed by atoms with Gasteiger partial charge in [0.25, 0.3) is 0 Å². The first kappa shape index (κ1) is 6.42. The topological polar surface area (TPSA) is 24.9 Å². The van der Waals surface area contributed by atoms with Gasteiger partial charge in [0.1, 0.15) is 0 Å². The van der Waals surface area contributed by atoms with Crippen molar-refractivity contribution in [2.75, 3.05) is 12.4 Å². The molecular formula is C6H8N2S. The summed E-state index contributed by atoms with van der Waals surface area (Å²) in [5.41, 5.74) is 0.988. The summed E-state index contributed by atoms with van der Waals surface area (Å²) >= 11 is 4.11. The molecule has 0 aliphatic carbocycles. The van der Waals surface area contributed by atoms with E-state index in [4.69, 9.17) is 0 Å². The van der Waals surface area contributed by atoms with Crippen molar-refractivity contribution >= 4 is 18.3 Å². The summed E-state index contributed by atoms with van der Waals surface area (Å²) in [7, 11) is 1.85. The first-order valence-corrected chi connectivity index (χ1v) is 3.09. The zero-order valence-electron chi connectivity index (χ0n) is 5.13. The van der Waals surface area contributed by atoms with Gasteiger partial charge < -0.3 is 5.32 Å². The molecule has 0 bridgehead atoms. The van der Waals surface area contributed by atoms with Gasteiger partial charge in [-0.3, -0.25) is 4.98 Å². The smallest absolute Gasteiger partial charge is 0.0535 e. The van der Waals surface area contributed by atoms with Gasteiger partial charge in [0, 0.05) is 18.1 Å². The number of anilines is 1. The van der Waals surface area contributed by atoms with E-state index in [0.29, 0.717) is 0 Å². The number of pyridine rings is 1. The summed E-state index contributed by atoms with van der Waals surface area (Å²) in [6.45, 7) is 0. The van der Waals surface area contributed by atoms with E-state index in [-0.39, 0.29) is 0 Å². The molecule has 1 heterocycles. The van der Waals surface area contributed by atoms with Crippen molar-refractivity contribution in [2.24, 2.45) is 0 Å². The highest BCUT2D eigenvalue weighted by atomic mass is 32.1. The van der Waals surface area contributed by atoms with Crippen LogP contribution in [0.15, 0.2) is 23.4 Å². The molecule has 0 aromatic carbocycles. The highest BCUT2D eigenvalue weighted by Gasteiger charge is 1.86. The third kappa shape index (κ3) is 1.61. The first-order chi connectivity index (χ1) is 4.33. The summed E-state index contributed by atoms with van der Waals surface area (Å²) < 4.78 is 0. The molecule has 48 valence electrons. The van der Waals surface area contributed by atoms with Crippen LogP contribution in [0.4, 0.5) is 5.69 Å². The Balaban J connectivity index is 2.94. The number of aromatic nitrogens is 1. The standard InChI is InChI=1S/C6H8N2S/c1-7-5-2-6(9)4-8-3-5/h2-4,7,9H,1H3. The molecule has 0 unspecified atom stereocenters. The van der Waals surface area contributed by atoms with E-state index in [1.165, 1.54) is 0 Å². The Morgan fingerprint density at radius 2 is 2.33 bits per heavy atom. The molecule has 0 aliphatic rings. The largest absolute Gasteiger partial charge is 0.387 e. The SMILES string of the molecule is CNc1cncc(S)c1. The number of rotatable bonds is 1. The van der Waals surface area contributed by atoms with E-state index in [0.717, 1.165) is 10.6 Å². The average molecular weight is 140 g/mol. The summed E-state index contributed by atoms with van der Waals surface area (Å²) in [5, 5.41) is 2.96. The second-order valence-electron chi connectivity index (χ2n) is 1.68. The quantitative estimate of drug-likeness (QED) is 0.576. The predicted octanol–water partition coefficient (Wildman–Crippen LogP) is 1.41. The summed E-state index contributed by atoms with van der Waals surface area (Å²) in [6.07, 6.45) is 3.45. The molecule has 1 aromatic heterocycles. The highest BCUT2D eigenvalue weighted by molar-refractivity contribution is 7.80. The summed E-state index contributed by atoms with van der Waals surface area (Å²) in [4.78, 5) is 4.79. The zero-order valence-corrected chi connectivity index (χ0v) is 6.02. The van der Waals surface area contributed by atoms with Gasteiger partial charge in [-0.15, -0.1) is 12.6 Å². The van der Waals surface area contributed by atoms with E-state index < -0.39 is 0 Å². The number of nitrogens with zero attached hydrogens (tertiary/aromatic N) is 1. The Hall–Kier alpha value is -0.700. The second kappa shape index (κ2) is 2.73. The van der Waals surface area contributed by atoms with Crippen LogP contribution in [0.5, 0.6) is 0 Å². The molecule has 0 spiro atoms. The molecule has 2 nitrogen and oxygen atoms in total. The molecule has 0 fully saturated rings. The Kier molecular flexibility index (Phi) is 1.95. The van der Waals surface area contributed by atoms with Crippen molar-refractivity contribution in [1.82, 2.24) is 4.98 Å². The van der Waals surface area contributed by atoms with Crippen molar-refractivity contribution in [1.29, 1.82) is 0 Å². The van der Waals surface area contributed by atoms with Gasteiger partial charge in [0.15, 0.2) is 0 Å². The lowest BCUT2D eigenvalue weighted by Crippen LogP contribution is -1.87. The van der Waals surface area contributed by atoms with E-state index in [9.17, 15) is 0 Å². The van der Waals surface area contributed by atoms with Gasteiger partial charge in [-0.2, -0.15) is 0 Å². The molecule has 0 atom stereocenters. The van der Waals surface area contributed by atoms with Gasteiger partial charge in [-0.1, -0.05) is 0 Å². The van der Waals surface area contributed by atoms with Gasteiger partial charge in [0.2, 0.25) is 0 Å². The van der Waals surface area contributed by atoms with Crippen LogP contribution >= 0.6 is 12.6 Å². The molecule has 0 saturated carbocycles. The van der Waals surface area contributed by atoms with Gasteiger partial charge in [-0.25, -0.2) is 0 Å². The van der Waals surface area contributed by atoms with E-state index in [1.54, 1.807) is 12.4 Å². The molecule has 0 radical (unpaired) electrons. The maximum absolute atomic E-state index is 4.11. The normalized spacial score (nSPS) is 9.11. The van der Waals surface area contributed by atoms with Crippen molar-refractivity contribution in [2.45, 2.75) is 4.90 Å². The summed E-state index contributed by atoms with van der Waals surface area (Å²) in [6, 6.07) is 1.91. The molecule has 9 heavy (non-hydrogen) atoms. The lowest BCUT2D eigenvalue weighted by Gasteiger charge is -1.96. The maximum atomic E-state index is 4.11. The number of nitrogens with one attached hydrogen (secondary N) is 1. The predicted molar refractivity (Wildman–Crippen MR) is 41.0 cm³/mol. The third-order valence-electron chi connectivity index (χ3n) is 1.01. The molecule has 1 aromatic rings. The number of thiol groups is 1. The van der Waals surface area contributed by atoms with Crippen LogP contribution in [0.2, 0.25) is 0 Å². The van der Waals surface area contributed by atoms with Crippen molar-refractivity contribution in [3.63, 3.8) is 0 Å². The molecule has 0 aliphatic heterocycles. The van der Waals surface area contributed by atoms with Crippen LogP contribution < -0.4 is 5.32 Å². The fraction of sp³-hybridized carbons (Fsp3) is 0.167.